The normalized spacial score (nSPS) is 20.0. The number of rotatable bonds is 2. The molecule has 4 nitrogen and oxygen atoms in total. The molecule has 2 aromatic rings. The lowest BCUT2D eigenvalue weighted by atomic mass is 9.80. The maximum absolute atomic E-state index is 14.4. The van der Waals surface area contributed by atoms with E-state index in [1.54, 1.807) is 6.20 Å². The van der Waals surface area contributed by atoms with Gasteiger partial charge in [-0.3, -0.25) is 4.98 Å². The van der Waals surface area contributed by atoms with Crippen molar-refractivity contribution in [3.8, 4) is 10.7 Å². The van der Waals surface area contributed by atoms with E-state index in [2.05, 4.69) is 9.97 Å². The molecule has 21 heavy (non-hydrogen) atoms. The summed E-state index contributed by atoms with van der Waals surface area (Å²) in [4.78, 5) is 8.40. The van der Waals surface area contributed by atoms with E-state index in [0.29, 0.717) is 16.2 Å². The molecule has 0 unspecified atom stereocenters. The molecule has 0 N–H and O–H groups in total. The molecule has 0 aliphatic carbocycles. The Bertz CT molecular complexity index is 645. The summed E-state index contributed by atoms with van der Waals surface area (Å²) in [5.74, 6) is -0.395. The summed E-state index contributed by atoms with van der Waals surface area (Å²) in [6.07, 6.45) is 3.13. The van der Waals surface area contributed by atoms with Crippen LogP contribution in [0.4, 0.5) is 4.39 Å². The third-order valence-corrected chi connectivity index (χ3v) is 4.84. The van der Waals surface area contributed by atoms with Crippen LogP contribution in [0.15, 0.2) is 23.8 Å². The van der Waals surface area contributed by atoms with Crippen LogP contribution in [0.5, 0.6) is 0 Å². The largest absolute Gasteiger partial charge is 0.499 e. The molecule has 0 saturated carbocycles. The van der Waals surface area contributed by atoms with E-state index < -0.39 is 24.1 Å². The topological polar surface area (TPSA) is 44.2 Å². The smallest absolute Gasteiger partial charge is 0.399 e. The molecule has 1 fully saturated rings. The minimum absolute atomic E-state index is 0.314. The summed E-state index contributed by atoms with van der Waals surface area (Å²) in [6.45, 7) is 7.73. The molecule has 3 heterocycles. The molecule has 0 bridgehead atoms. The molecular weight excluding hydrogens is 290 g/mol. The number of hydrogen-bond acceptors (Lipinski definition) is 5. The van der Waals surface area contributed by atoms with E-state index >= 15 is 0 Å². The first-order valence-corrected chi connectivity index (χ1v) is 7.59. The third-order valence-electron chi connectivity index (χ3n) is 4.04. The Kier molecular flexibility index (Phi) is 3.39. The number of hydrogen-bond donors (Lipinski definition) is 0. The average Bonchev–Trinajstić information content (AvgIpc) is 2.96. The number of aromatic nitrogens is 2. The molecule has 0 aromatic carbocycles. The Morgan fingerprint density at radius 3 is 2.33 bits per heavy atom. The van der Waals surface area contributed by atoms with Gasteiger partial charge in [-0.05, 0) is 27.7 Å². The molecule has 1 saturated heterocycles. The Hall–Kier alpha value is -1.31. The van der Waals surface area contributed by atoms with E-state index in [-0.39, 0.29) is 0 Å². The summed E-state index contributed by atoms with van der Waals surface area (Å²) >= 11 is 1.42. The van der Waals surface area contributed by atoms with E-state index in [9.17, 15) is 4.39 Å². The molecule has 1 aliphatic heterocycles. The van der Waals surface area contributed by atoms with Gasteiger partial charge in [0.15, 0.2) is 0 Å². The second kappa shape index (κ2) is 4.86. The Balaban J connectivity index is 1.91. The fourth-order valence-corrected chi connectivity index (χ4v) is 2.66. The lowest BCUT2D eigenvalue weighted by molar-refractivity contribution is 0.00578. The van der Waals surface area contributed by atoms with Gasteiger partial charge in [0.2, 0.25) is 0 Å². The number of pyridine rings is 1. The summed E-state index contributed by atoms with van der Waals surface area (Å²) in [5, 5.41) is 2.52. The molecule has 110 valence electrons. The first-order chi connectivity index (χ1) is 9.80. The molecular formula is C14H16BFN2O2S. The second-order valence-corrected chi connectivity index (χ2v) is 6.91. The van der Waals surface area contributed by atoms with Crippen LogP contribution in [-0.4, -0.2) is 28.3 Å². The van der Waals surface area contributed by atoms with Crippen molar-refractivity contribution < 1.29 is 13.7 Å². The van der Waals surface area contributed by atoms with Crippen LogP contribution in [0.3, 0.4) is 0 Å². The SMILES string of the molecule is CC1(C)OB(c2cnc(-c3nccs3)cc2F)OC1(C)C. The summed E-state index contributed by atoms with van der Waals surface area (Å²) in [7, 11) is -0.743. The van der Waals surface area contributed by atoms with Gasteiger partial charge in [-0.15, -0.1) is 11.3 Å². The van der Waals surface area contributed by atoms with Gasteiger partial charge in [0, 0.05) is 29.3 Å². The van der Waals surface area contributed by atoms with E-state index in [4.69, 9.17) is 9.31 Å². The number of thiazole rings is 1. The average molecular weight is 306 g/mol. The molecule has 0 radical (unpaired) electrons. The Morgan fingerprint density at radius 2 is 1.81 bits per heavy atom. The molecule has 3 rings (SSSR count). The van der Waals surface area contributed by atoms with Crippen LogP contribution in [0.2, 0.25) is 0 Å². The van der Waals surface area contributed by atoms with Crippen molar-refractivity contribution >= 4 is 23.9 Å². The predicted octanol–water partition coefficient (Wildman–Crippen LogP) is 2.64. The van der Waals surface area contributed by atoms with Crippen molar-refractivity contribution in [1.82, 2.24) is 9.97 Å². The maximum atomic E-state index is 14.4. The minimum Gasteiger partial charge on any atom is -0.399 e. The summed E-state index contributed by atoms with van der Waals surface area (Å²) < 4.78 is 26.1. The Labute approximate surface area is 127 Å². The third kappa shape index (κ3) is 2.50. The van der Waals surface area contributed by atoms with Crippen LogP contribution in [-0.2, 0) is 9.31 Å². The van der Waals surface area contributed by atoms with Crippen molar-refractivity contribution in [3.63, 3.8) is 0 Å². The van der Waals surface area contributed by atoms with Crippen LogP contribution >= 0.6 is 11.3 Å². The van der Waals surface area contributed by atoms with Crippen LogP contribution < -0.4 is 5.46 Å². The van der Waals surface area contributed by atoms with Crippen LogP contribution in [0, 0.1) is 5.82 Å². The van der Waals surface area contributed by atoms with Gasteiger partial charge in [-0.1, -0.05) is 0 Å². The molecule has 1 aliphatic rings. The first kappa shape index (κ1) is 14.6. The van der Waals surface area contributed by atoms with E-state index in [1.165, 1.54) is 23.6 Å². The maximum Gasteiger partial charge on any atom is 0.499 e. The number of nitrogens with zero attached hydrogens (tertiary/aromatic N) is 2. The molecule has 7 heteroatoms. The highest BCUT2D eigenvalue weighted by atomic mass is 32.1. The molecule has 2 aromatic heterocycles. The standard InChI is InChI=1S/C14H16BFN2O2S/c1-13(2)14(3,4)20-15(19-13)9-8-18-11(7-10(9)16)12-17-5-6-21-12/h5-8H,1-4H3. The zero-order valence-electron chi connectivity index (χ0n) is 12.4. The van der Waals surface area contributed by atoms with Gasteiger partial charge in [0.05, 0.1) is 11.2 Å². The quantitative estimate of drug-likeness (QED) is 0.800. The minimum atomic E-state index is -0.743. The first-order valence-electron chi connectivity index (χ1n) is 6.71. The highest BCUT2D eigenvalue weighted by Crippen LogP contribution is 2.36. The van der Waals surface area contributed by atoms with E-state index in [0.717, 1.165) is 0 Å². The van der Waals surface area contributed by atoms with Crippen molar-refractivity contribution in [1.29, 1.82) is 0 Å². The van der Waals surface area contributed by atoms with Crippen molar-refractivity contribution in [2.45, 2.75) is 38.9 Å². The monoisotopic (exact) mass is 306 g/mol. The van der Waals surface area contributed by atoms with Crippen molar-refractivity contribution in [2.24, 2.45) is 0 Å². The van der Waals surface area contributed by atoms with Gasteiger partial charge in [-0.2, -0.15) is 0 Å². The van der Waals surface area contributed by atoms with Gasteiger partial charge in [-0.25, -0.2) is 9.37 Å². The van der Waals surface area contributed by atoms with Crippen LogP contribution in [0.1, 0.15) is 27.7 Å². The summed E-state index contributed by atoms with van der Waals surface area (Å²) in [6, 6.07) is 1.37. The zero-order valence-corrected chi connectivity index (χ0v) is 13.2. The highest BCUT2D eigenvalue weighted by Gasteiger charge is 2.52. The lowest BCUT2D eigenvalue weighted by Crippen LogP contribution is -2.41. The second-order valence-electron chi connectivity index (χ2n) is 6.02. The summed E-state index contributed by atoms with van der Waals surface area (Å²) in [5.41, 5.74) is -0.173. The fourth-order valence-electron chi connectivity index (χ4n) is 2.05. The van der Waals surface area contributed by atoms with Gasteiger partial charge in [0.25, 0.3) is 0 Å². The zero-order chi connectivity index (χ0) is 15.3. The Morgan fingerprint density at radius 1 is 1.14 bits per heavy atom. The highest BCUT2D eigenvalue weighted by molar-refractivity contribution is 7.13. The number of halogens is 1. The molecule has 0 atom stereocenters. The van der Waals surface area contributed by atoms with Crippen molar-refractivity contribution in [3.05, 3.63) is 29.7 Å². The van der Waals surface area contributed by atoms with Gasteiger partial charge >= 0.3 is 7.12 Å². The molecule has 0 spiro atoms. The van der Waals surface area contributed by atoms with Gasteiger partial charge < -0.3 is 9.31 Å². The fraction of sp³-hybridized carbons (Fsp3) is 0.429. The van der Waals surface area contributed by atoms with Crippen molar-refractivity contribution in [2.75, 3.05) is 0 Å². The predicted molar refractivity (Wildman–Crippen MR) is 81.0 cm³/mol. The lowest BCUT2D eigenvalue weighted by Gasteiger charge is -2.32. The van der Waals surface area contributed by atoms with Crippen LogP contribution in [0.25, 0.3) is 10.7 Å². The van der Waals surface area contributed by atoms with E-state index in [1.807, 2.05) is 33.1 Å². The van der Waals surface area contributed by atoms with Gasteiger partial charge in [0.1, 0.15) is 16.5 Å². The molecule has 0 amide bonds.